The number of hydrogen-bond donors (Lipinski definition) is 2. The van der Waals surface area contributed by atoms with Crippen molar-refractivity contribution in [1.82, 2.24) is 5.32 Å². The first kappa shape index (κ1) is 45.2. The molecule has 0 aliphatic carbocycles. The van der Waals surface area contributed by atoms with Crippen molar-refractivity contribution in [2.75, 3.05) is 40.9 Å². The number of quaternary nitrogens is 1. The fourth-order valence-electron chi connectivity index (χ4n) is 5.39. The van der Waals surface area contributed by atoms with E-state index in [1.54, 1.807) is 6.08 Å². The number of likely N-dealkylation sites (N-methyl/N-ethyl adjacent to an activating group) is 1. The highest BCUT2D eigenvalue weighted by Crippen LogP contribution is 2.38. The predicted octanol–water partition coefficient (Wildman–Crippen LogP) is 9.00. The molecular weight excluding hydrogens is 599 g/mol. The summed E-state index contributed by atoms with van der Waals surface area (Å²) in [5.41, 5.74) is 0. The van der Waals surface area contributed by atoms with E-state index in [2.05, 4.69) is 19.2 Å². The molecule has 9 heteroatoms. The molecule has 0 aromatic rings. The number of nitrogens with zero attached hydrogens (tertiary/aromatic N) is 1. The zero-order valence-corrected chi connectivity index (χ0v) is 31.7. The summed E-state index contributed by atoms with van der Waals surface area (Å²) in [7, 11) is 1.26. The number of nitrogens with one attached hydrogen (secondary N) is 1. The number of phosphoric ester groups is 1. The standard InChI is InChI=1S/C37H75N2O6P/c1-6-8-10-12-14-15-16-17-18-19-20-21-22-23-24-25-27-29-31-37(41)38-35(36(40)30-28-26-13-11-9-7-2)34-45-46(42,43)44-33-32-39(3,4)5/h28,30,35-36,40H,6-27,29,31-34H2,1-5H3,(H-,38,41,42,43)/b30-28+. The summed E-state index contributed by atoms with van der Waals surface area (Å²) in [6.45, 7) is 4.56. The summed E-state index contributed by atoms with van der Waals surface area (Å²) in [5.74, 6) is -0.202. The largest absolute Gasteiger partial charge is 0.756 e. The Morgan fingerprint density at radius 1 is 0.739 bits per heavy atom. The van der Waals surface area contributed by atoms with Crippen molar-refractivity contribution < 1.29 is 32.9 Å². The van der Waals surface area contributed by atoms with Crippen molar-refractivity contribution in [3.05, 3.63) is 12.2 Å². The van der Waals surface area contributed by atoms with E-state index >= 15 is 0 Å². The lowest BCUT2D eigenvalue weighted by molar-refractivity contribution is -0.870. The van der Waals surface area contributed by atoms with Gasteiger partial charge in [0.05, 0.1) is 39.9 Å². The van der Waals surface area contributed by atoms with Gasteiger partial charge in [-0.3, -0.25) is 9.36 Å². The molecule has 0 saturated heterocycles. The van der Waals surface area contributed by atoms with Gasteiger partial charge in [-0.2, -0.15) is 0 Å². The lowest BCUT2D eigenvalue weighted by Crippen LogP contribution is -2.45. The number of phosphoric acid groups is 1. The Bertz CT molecular complexity index is 773. The lowest BCUT2D eigenvalue weighted by atomic mass is 10.0. The number of unbranched alkanes of at least 4 members (excludes halogenated alkanes) is 21. The molecule has 0 heterocycles. The van der Waals surface area contributed by atoms with Gasteiger partial charge in [-0.05, 0) is 19.3 Å². The fourth-order valence-corrected chi connectivity index (χ4v) is 6.11. The van der Waals surface area contributed by atoms with Gasteiger partial charge in [-0.15, -0.1) is 0 Å². The van der Waals surface area contributed by atoms with Crippen molar-refractivity contribution in [1.29, 1.82) is 0 Å². The van der Waals surface area contributed by atoms with Crippen molar-refractivity contribution in [2.24, 2.45) is 0 Å². The summed E-state index contributed by atoms with van der Waals surface area (Å²) >= 11 is 0. The van der Waals surface area contributed by atoms with Crippen molar-refractivity contribution >= 4 is 13.7 Å². The maximum absolute atomic E-state index is 12.7. The van der Waals surface area contributed by atoms with Crippen LogP contribution in [0.1, 0.15) is 168 Å². The highest BCUT2D eigenvalue weighted by Gasteiger charge is 2.23. The van der Waals surface area contributed by atoms with Crippen LogP contribution in [0.3, 0.4) is 0 Å². The van der Waals surface area contributed by atoms with Gasteiger partial charge in [-0.1, -0.05) is 154 Å². The lowest BCUT2D eigenvalue weighted by Gasteiger charge is -2.29. The molecule has 3 unspecified atom stereocenters. The van der Waals surface area contributed by atoms with Crippen LogP contribution in [0.4, 0.5) is 0 Å². The molecule has 46 heavy (non-hydrogen) atoms. The second kappa shape index (κ2) is 30.3. The molecule has 2 N–H and O–H groups in total. The second-order valence-corrected chi connectivity index (χ2v) is 15.7. The Balaban J connectivity index is 4.24. The first-order valence-electron chi connectivity index (χ1n) is 19.1. The normalized spacial score (nSPS) is 14.8. The van der Waals surface area contributed by atoms with Crippen LogP contribution in [0.5, 0.6) is 0 Å². The second-order valence-electron chi connectivity index (χ2n) is 14.3. The number of amides is 1. The first-order chi connectivity index (χ1) is 22.0. The molecule has 0 rings (SSSR count). The number of carbonyl (C=O) groups excluding carboxylic acids is 1. The topological polar surface area (TPSA) is 108 Å². The summed E-state index contributed by atoms with van der Waals surface area (Å²) in [6.07, 6.45) is 31.4. The quantitative estimate of drug-likeness (QED) is 0.0305. The van der Waals surface area contributed by atoms with Gasteiger partial charge in [0.1, 0.15) is 13.2 Å². The fraction of sp³-hybridized carbons (Fsp3) is 0.919. The molecule has 1 amide bonds. The Kier molecular flexibility index (Phi) is 29.8. The van der Waals surface area contributed by atoms with Crippen LogP contribution in [0, 0.1) is 0 Å². The SMILES string of the molecule is CCCCCC/C=C/C(O)C(COP(=O)([O-])OCC[N+](C)(C)C)NC(=O)CCCCCCCCCCCCCCCCCCCC. The van der Waals surface area contributed by atoms with Crippen LogP contribution in [-0.2, 0) is 18.4 Å². The Hall–Kier alpha value is -0.760. The highest BCUT2D eigenvalue weighted by atomic mass is 31.2. The van der Waals surface area contributed by atoms with Crippen LogP contribution >= 0.6 is 7.82 Å². The first-order valence-corrected chi connectivity index (χ1v) is 20.5. The Labute approximate surface area is 284 Å². The zero-order chi connectivity index (χ0) is 34.4. The maximum atomic E-state index is 12.7. The van der Waals surface area contributed by atoms with E-state index in [0.717, 1.165) is 44.9 Å². The van der Waals surface area contributed by atoms with Gasteiger partial charge in [0, 0.05) is 6.42 Å². The monoisotopic (exact) mass is 675 g/mol. The summed E-state index contributed by atoms with van der Waals surface area (Å²) < 4.78 is 23.0. The van der Waals surface area contributed by atoms with Crippen LogP contribution < -0.4 is 10.2 Å². The number of allylic oxidation sites excluding steroid dienone is 1. The summed E-state index contributed by atoms with van der Waals surface area (Å²) in [5, 5.41) is 13.6. The molecule has 0 aromatic carbocycles. The van der Waals surface area contributed by atoms with E-state index in [0.29, 0.717) is 17.4 Å². The number of aliphatic hydroxyl groups is 1. The Morgan fingerprint density at radius 2 is 1.17 bits per heavy atom. The van der Waals surface area contributed by atoms with Crippen molar-refractivity contribution in [3.63, 3.8) is 0 Å². The third kappa shape index (κ3) is 31.8. The smallest absolute Gasteiger partial charge is 0.268 e. The summed E-state index contributed by atoms with van der Waals surface area (Å²) in [6, 6.07) is -0.876. The highest BCUT2D eigenvalue weighted by molar-refractivity contribution is 7.45. The Morgan fingerprint density at radius 3 is 1.63 bits per heavy atom. The molecule has 0 aromatic heterocycles. The third-order valence-electron chi connectivity index (χ3n) is 8.50. The van der Waals surface area contributed by atoms with E-state index in [4.69, 9.17) is 9.05 Å². The molecular formula is C37H75N2O6P. The number of hydrogen-bond acceptors (Lipinski definition) is 6. The van der Waals surface area contributed by atoms with Crippen molar-refractivity contribution in [3.8, 4) is 0 Å². The minimum atomic E-state index is -4.56. The molecule has 0 radical (unpaired) electrons. The molecule has 274 valence electrons. The zero-order valence-electron chi connectivity index (χ0n) is 30.8. The van der Waals surface area contributed by atoms with E-state index in [-0.39, 0.29) is 19.1 Å². The molecule has 0 spiro atoms. The average Bonchev–Trinajstić information content (AvgIpc) is 2.99. The van der Waals surface area contributed by atoms with Crippen molar-refractivity contribution in [2.45, 2.75) is 180 Å². The minimum absolute atomic E-state index is 0.000870. The van der Waals surface area contributed by atoms with Gasteiger partial charge in [-0.25, -0.2) is 0 Å². The molecule has 0 fully saturated rings. The molecule has 3 atom stereocenters. The average molecular weight is 675 g/mol. The number of carbonyl (C=O) groups is 1. The van der Waals surface area contributed by atoms with Crippen LogP contribution in [0.15, 0.2) is 12.2 Å². The van der Waals surface area contributed by atoms with Gasteiger partial charge in [0.2, 0.25) is 5.91 Å². The van der Waals surface area contributed by atoms with E-state index in [9.17, 15) is 19.4 Å². The van der Waals surface area contributed by atoms with Crippen LogP contribution in [0.25, 0.3) is 0 Å². The van der Waals surface area contributed by atoms with Crippen LogP contribution in [0.2, 0.25) is 0 Å². The number of rotatable bonds is 34. The van der Waals surface area contributed by atoms with Gasteiger partial charge in [0.15, 0.2) is 0 Å². The third-order valence-corrected chi connectivity index (χ3v) is 9.46. The van der Waals surface area contributed by atoms with Crippen LogP contribution in [-0.4, -0.2) is 68.5 Å². The molecule has 8 nitrogen and oxygen atoms in total. The molecule has 0 aliphatic rings. The maximum Gasteiger partial charge on any atom is 0.268 e. The molecule has 0 aliphatic heterocycles. The van der Waals surface area contributed by atoms with E-state index in [1.807, 2.05) is 27.2 Å². The predicted molar refractivity (Wildman–Crippen MR) is 192 cm³/mol. The van der Waals surface area contributed by atoms with Gasteiger partial charge < -0.3 is 28.8 Å². The summed E-state index contributed by atoms with van der Waals surface area (Å²) in [4.78, 5) is 25.0. The number of aliphatic hydroxyl groups excluding tert-OH is 1. The van der Waals surface area contributed by atoms with E-state index in [1.165, 1.54) is 103 Å². The van der Waals surface area contributed by atoms with Gasteiger partial charge in [0.25, 0.3) is 7.82 Å². The minimum Gasteiger partial charge on any atom is -0.756 e. The van der Waals surface area contributed by atoms with E-state index < -0.39 is 20.0 Å². The molecule has 0 saturated carbocycles. The van der Waals surface area contributed by atoms with Gasteiger partial charge >= 0.3 is 0 Å². The molecule has 0 bridgehead atoms.